The standard InChI is InChI=1S/C12H13Cl2N3O/c13-10-2-1-3-11(12(10)14)15-6-9-7-16-17(8-9)4-5-18/h1-3,7-8,15,18H,4-6H2. The molecule has 1 aromatic heterocycles. The van der Waals surface area contributed by atoms with Gasteiger partial charge < -0.3 is 10.4 Å². The summed E-state index contributed by atoms with van der Waals surface area (Å²) in [7, 11) is 0. The van der Waals surface area contributed by atoms with Crippen LogP contribution in [0.15, 0.2) is 30.6 Å². The monoisotopic (exact) mass is 285 g/mol. The molecule has 0 saturated heterocycles. The van der Waals surface area contributed by atoms with Gasteiger partial charge in [0, 0.05) is 18.3 Å². The summed E-state index contributed by atoms with van der Waals surface area (Å²) in [6, 6.07) is 5.45. The summed E-state index contributed by atoms with van der Waals surface area (Å²) in [6.07, 6.45) is 3.63. The molecule has 0 radical (unpaired) electrons. The van der Waals surface area contributed by atoms with Crippen LogP contribution >= 0.6 is 23.2 Å². The Hall–Kier alpha value is -1.23. The highest BCUT2D eigenvalue weighted by molar-refractivity contribution is 6.43. The van der Waals surface area contributed by atoms with Crippen LogP contribution in [0.25, 0.3) is 0 Å². The van der Waals surface area contributed by atoms with Gasteiger partial charge in [-0.15, -0.1) is 0 Å². The van der Waals surface area contributed by atoms with E-state index in [1.165, 1.54) is 0 Å². The Bertz CT molecular complexity index is 528. The molecule has 0 saturated carbocycles. The van der Waals surface area contributed by atoms with Crippen molar-refractivity contribution in [1.82, 2.24) is 9.78 Å². The van der Waals surface area contributed by atoms with Crippen LogP contribution in [0.5, 0.6) is 0 Å². The first-order chi connectivity index (χ1) is 8.70. The smallest absolute Gasteiger partial charge is 0.0823 e. The fraction of sp³-hybridized carbons (Fsp3) is 0.250. The van der Waals surface area contributed by atoms with Gasteiger partial charge in [0.25, 0.3) is 0 Å². The number of halogens is 2. The number of anilines is 1. The Morgan fingerprint density at radius 2 is 2.17 bits per heavy atom. The van der Waals surface area contributed by atoms with E-state index in [1.54, 1.807) is 16.9 Å². The lowest BCUT2D eigenvalue weighted by atomic mass is 10.3. The number of hydrogen-bond donors (Lipinski definition) is 2. The van der Waals surface area contributed by atoms with Crippen LogP contribution in [0.1, 0.15) is 5.56 Å². The fourth-order valence-electron chi connectivity index (χ4n) is 1.56. The molecule has 0 aliphatic rings. The number of aliphatic hydroxyl groups is 1. The molecule has 0 unspecified atom stereocenters. The van der Waals surface area contributed by atoms with Gasteiger partial charge in [-0.05, 0) is 12.1 Å². The third kappa shape index (κ3) is 3.16. The van der Waals surface area contributed by atoms with Gasteiger partial charge in [0.15, 0.2) is 0 Å². The number of nitrogens with zero attached hydrogens (tertiary/aromatic N) is 2. The van der Waals surface area contributed by atoms with Crippen LogP contribution in [0.4, 0.5) is 5.69 Å². The molecule has 2 aromatic rings. The molecule has 0 aliphatic heterocycles. The maximum absolute atomic E-state index is 8.80. The van der Waals surface area contributed by atoms with Crippen molar-refractivity contribution in [2.75, 3.05) is 11.9 Å². The van der Waals surface area contributed by atoms with E-state index in [1.807, 2.05) is 18.3 Å². The van der Waals surface area contributed by atoms with Gasteiger partial charge in [0.05, 0.1) is 35.1 Å². The molecule has 18 heavy (non-hydrogen) atoms. The molecule has 0 atom stereocenters. The Morgan fingerprint density at radius 3 is 2.94 bits per heavy atom. The molecular formula is C12H13Cl2N3O. The second-order valence-electron chi connectivity index (χ2n) is 3.79. The molecule has 0 aliphatic carbocycles. The van der Waals surface area contributed by atoms with Crippen LogP contribution in [0.2, 0.25) is 10.0 Å². The van der Waals surface area contributed by atoms with Crippen molar-refractivity contribution in [3.63, 3.8) is 0 Å². The van der Waals surface area contributed by atoms with Crippen molar-refractivity contribution in [1.29, 1.82) is 0 Å². The van der Waals surface area contributed by atoms with Crippen molar-refractivity contribution in [3.05, 3.63) is 46.2 Å². The molecule has 0 bridgehead atoms. The first-order valence-electron chi connectivity index (χ1n) is 5.51. The maximum Gasteiger partial charge on any atom is 0.0823 e. The SMILES string of the molecule is OCCn1cc(CNc2cccc(Cl)c2Cl)cn1. The highest BCUT2D eigenvalue weighted by atomic mass is 35.5. The van der Waals surface area contributed by atoms with E-state index in [0.717, 1.165) is 11.3 Å². The summed E-state index contributed by atoms with van der Waals surface area (Å²) in [4.78, 5) is 0. The number of rotatable bonds is 5. The zero-order valence-corrected chi connectivity index (χ0v) is 11.1. The van der Waals surface area contributed by atoms with E-state index in [4.69, 9.17) is 28.3 Å². The van der Waals surface area contributed by atoms with E-state index in [-0.39, 0.29) is 6.61 Å². The van der Waals surface area contributed by atoms with Gasteiger partial charge in [0.1, 0.15) is 0 Å². The van der Waals surface area contributed by atoms with Crippen molar-refractivity contribution < 1.29 is 5.11 Å². The minimum absolute atomic E-state index is 0.0780. The van der Waals surface area contributed by atoms with E-state index < -0.39 is 0 Å². The largest absolute Gasteiger partial charge is 0.394 e. The zero-order chi connectivity index (χ0) is 13.0. The topological polar surface area (TPSA) is 50.1 Å². The van der Waals surface area contributed by atoms with Gasteiger partial charge in [-0.25, -0.2) is 0 Å². The number of nitrogens with one attached hydrogen (secondary N) is 1. The lowest BCUT2D eigenvalue weighted by Gasteiger charge is -2.07. The van der Waals surface area contributed by atoms with Gasteiger partial charge in [-0.1, -0.05) is 29.3 Å². The molecule has 2 N–H and O–H groups in total. The van der Waals surface area contributed by atoms with Gasteiger partial charge >= 0.3 is 0 Å². The minimum Gasteiger partial charge on any atom is -0.394 e. The molecule has 1 aromatic carbocycles. The quantitative estimate of drug-likeness (QED) is 0.888. The predicted octanol–water partition coefficient (Wildman–Crippen LogP) is 2.79. The first-order valence-corrected chi connectivity index (χ1v) is 6.26. The third-order valence-corrected chi connectivity index (χ3v) is 3.27. The molecule has 6 heteroatoms. The maximum atomic E-state index is 8.80. The molecule has 0 amide bonds. The molecule has 1 heterocycles. The molecular weight excluding hydrogens is 273 g/mol. The highest BCUT2D eigenvalue weighted by Crippen LogP contribution is 2.29. The molecule has 0 fully saturated rings. The number of aromatic nitrogens is 2. The Balaban J connectivity index is 2.00. The lowest BCUT2D eigenvalue weighted by Crippen LogP contribution is -2.02. The summed E-state index contributed by atoms with van der Waals surface area (Å²) >= 11 is 12.0. The number of benzene rings is 1. The van der Waals surface area contributed by atoms with Gasteiger partial charge in [-0.2, -0.15) is 5.10 Å². The average molecular weight is 286 g/mol. The lowest BCUT2D eigenvalue weighted by molar-refractivity contribution is 0.269. The van der Waals surface area contributed by atoms with Gasteiger partial charge in [0.2, 0.25) is 0 Å². The third-order valence-electron chi connectivity index (χ3n) is 2.45. The van der Waals surface area contributed by atoms with Crippen LogP contribution < -0.4 is 5.32 Å². The molecule has 96 valence electrons. The summed E-state index contributed by atoms with van der Waals surface area (Å²) in [5, 5.41) is 17.1. The summed E-state index contributed by atoms with van der Waals surface area (Å²) in [5.41, 5.74) is 1.80. The predicted molar refractivity (Wildman–Crippen MR) is 73.1 cm³/mol. The minimum atomic E-state index is 0.0780. The summed E-state index contributed by atoms with van der Waals surface area (Å²) in [5.74, 6) is 0. The van der Waals surface area contributed by atoms with Crippen molar-refractivity contribution in [2.24, 2.45) is 0 Å². The van der Waals surface area contributed by atoms with Crippen LogP contribution in [-0.2, 0) is 13.1 Å². The Kier molecular flexibility index (Phi) is 4.47. The van der Waals surface area contributed by atoms with Crippen molar-refractivity contribution in [2.45, 2.75) is 13.1 Å². The Labute approximate surface area is 115 Å². The molecule has 2 rings (SSSR count). The summed E-state index contributed by atoms with van der Waals surface area (Å²) < 4.78 is 1.69. The second-order valence-corrected chi connectivity index (χ2v) is 4.58. The second kappa shape index (κ2) is 6.09. The van der Waals surface area contributed by atoms with Crippen LogP contribution in [0.3, 0.4) is 0 Å². The van der Waals surface area contributed by atoms with Crippen molar-refractivity contribution >= 4 is 28.9 Å². The fourth-order valence-corrected chi connectivity index (χ4v) is 1.93. The van der Waals surface area contributed by atoms with E-state index >= 15 is 0 Å². The first kappa shape index (κ1) is 13.2. The van der Waals surface area contributed by atoms with Crippen LogP contribution in [0, 0.1) is 0 Å². The number of hydrogen-bond acceptors (Lipinski definition) is 3. The van der Waals surface area contributed by atoms with Crippen LogP contribution in [-0.4, -0.2) is 21.5 Å². The van der Waals surface area contributed by atoms with Gasteiger partial charge in [-0.3, -0.25) is 4.68 Å². The van der Waals surface area contributed by atoms with Crippen molar-refractivity contribution in [3.8, 4) is 0 Å². The Morgan fingerprint density at radius 1 is 1.33 bits per heavy atom. The number of aliphatic hydroxyl groups excluding tert-OH is 1. The van der Waals surface area contributed by atoms with E-state index in [9.17, 15) is 0 Å². The molecule has 4 nitrogen and oxygen atoms in total. The average Bonchev–Trinajstić information content (AvgIpc) is 2.79. The normalized spacial score (nSPS) is 10.6. The summed E-state index contributed by atoms with van der Waals surface area (Å²) in [6.45, 7) is 1.18. The van der Waals surface area contributed by atoms with E-state index in [2.05, 4.69) is 10.4 Å². The highest BCUT2D eigenvalue weighted by Gasteiger charge is 2.04. The zero-order valence-electron chi connectivity index (χ0n) is 9.61. The molecule has 0 spiro atoms. The van der Waals surface area contributed by atoms with E-state index in [0.29, 0.717) is 23.1 Å².